The van der Waals surface area contributed by atoms with Crippen LogP contribution in [0.15, 0.2) is 48.5 Å². The summed E-state index contributed by atoms with van der Waals surface area (Å²) in [7, 11) is -6.77. The topological polar surface area (TPSA) is 161 Å². The minimum Gasteiger partial charge on any atom is -0.288 e. The van der Waals surface area contributed by atoms with Crippen LogP contribution in [0.2, 0.25) is 0 Å². The van der Waals surface area contributed by atoms with E-state index in [2.05, 4.69) is 0 Å². The van der Waals surface area contributed by atoms with Gasteiger partial charge in [0.1, 0.15) is 0 Å². The van der Waals surface area contributed by atoms with Crippen molar-refractivity contribution in [2.45, 2.75) is 37.3 Å². The van der Waals surface area contributed by atoms with Gasteiger partial charge >= 0.3 is 0 Å². The van der Waals surface area contributed by atoms with Crippen LogP contribution < -0.4 is 0 Å². The maximum atomic E-state index is 12.8. The Balaban J connectivity index is 1.49. The van der Waals surface area contributed by atoms with E-state index in [0.717, 1.165) is 11.1 Å². The van der Waals surface area contributed by atoms with E-state index in [1.54, 1.807) is 24.3 Å². The molecule has 3 aliphatic heterocycles. The molecule has 5 rings (SSSR count). The molecular formula is C22H24N4O8S2. The van der Waals surface area contributed by atoms with Crippen LogP contribution in [0, 0.1) is 20.2 Å². The number of fused-ring (bicyclic) bond motifs is 2. The molecule has 0 saturated carbocycles. The van der Waals surface area contributed by atoms with Crippen LogP contribution >= 0.6 is 0 Å². The Labute approximate surface area is 207 Å². The molecule has 36 heavy (non-hydrogen) atoms. The highest BCUT2D eigenvalue weighted by Crippen LogP contribution is 2.39. The highest BCUT2D eigenvalue weighted by molar-refractivity contribution is 7.92. The zero-order valence-corrected chi connectivity index (χ0v) is 20.7. The predicted molar refractivity (Wildman–Crippen MR) is 130 cm³/mol. The SMILES string of the molecule is O=[N+]([O-])c1ccc(CN2[C@@H]3CS(=O)(=O)C[C@@H]3N(Cc3ccc([N+](=O)[O-])cc3)[C@H]3CS(=O)(=O)C[C@H]32)cc1. The van der Waals surface area contributed by atoms with Gasteiger partial charge in [0.2, 0.25) is 0 Å². The Hall–Kier alpha value is -2.94. The average molecular weight is 537 g/mol. The zero-order chi connectivity index (χ0) is 25.8. The van der Waals surface area contributed by atoms with Crippen molar-refractivity contribution in [1.29, 1.82) is 0 Å². The molecule has 0 amide bonds. The van der Waals surface area contributed by atoms with Gasteiger partial charge in [0.15, 0.2) is 19.7 Å². The Morgan fingerprint density at radius 2 is 0.889 bits per heavy atom. The first kappa shape index (κ1) is 24.7. The van der Waals surface area contributed by atoms with Gasteiger partial charge in [-0.15, -0.1) is 0 Å². The quantitative estimate of drug-likeness (QED) is 0.387. The van der Waals surface area contributed by atoms with Crippen LogP contribution in [0.5, 0.6) is 0 Å². The second-order valence-corrected chi connectivity index (χ2v) is 13.9. The normalized spacial score (nSPS) is 28.9. The smallest absolute Gasteiger partial charge is 0.269 e. The van der Waals surface area contributed by atoms with Gasteiger partial charge in [-0.3, -0.25) is 30.0 Å². The summed E-state index contributed by atoms with van der Waals surface area (Å²) in [5, 5.41) is 22.0. The van der Waals surface area contributed by atoms with E-state index < -0.39 is 53.7 Å². The fourth-order valence-electron chi connectivity index (χ4n) is 5.72. The van der Waals surface area contributed by atoms with Gasteiger partial charge in [-0.05, 0) is 11.1 Å². The van der Waals surface area contributed by atoms with Gasteiger partial charge in [-0.2, -0.15) is 0 Å². The van der Waals surface area contributed by atoms with Crippen molar-refractivity contribution in [3.05, 3.63) is 79.9 Å². The molecule has 3 saturated heterocycles. The molecule has 0 unspecified atom stereocenters. The third-order valence-corrected chi connectivity index (χ3v) is 10.7. The average Bonchev–Trinajstić information content (AvgIpc) is 3.31. The minimum atomic E-state index is -3.39. The molecule has 3 aliphatic rings. The lowest BCUT2D eigenvalue weighted by atomic mass is 9.93. The van der Waals surface area contributed by atoms with Crippen molar-refractivity contribution in [1.82, 2.24) is 9.80 Å². The van der Waals surface area contributed by atoms with Crippen molar-refractivity contribution < 1.29 is 26.7 Å². The second-order valence-electron chi connectivity index (χ2n) is 9.61. The zero-order valence-electron chi connectivity index (χ0n) is 19.0. The second kappa shape index (κ2) is 8.87. The van der Waals surface area contributed by atoms with E-state index in [1.807, 2.05) is 9.80 Å². The van der Waals surface area contributed by atoms with Crippen LogP contribution in [-0.2, 0) is 32.8 Å². The Morgan fingerprint density at radius 1 is 0.611 bits per heavy atom. The molecule has 3 heterocycles. The van der Waals surface area contributed by atoms with Gasteiger partial charge in [-0.1, -0.05) is 24.3 Å². The molecule has 192 valence electrons. The van der Waals surface area contributed by atoms with Crippen molar-refractivity contribution in [2.75, 3.05) is 23.0 Å². The highest BCUT2D eigenvalue weighted by Gasteiger charge is 2.57. The van der Waals surface area contributed by atoms with E-state index in [1.165, 1.54) is 24.3 Å². The van der Waals surface area contributed by atoms with Crippen molar-refractivity contribution >= 4 is 31.0 Å². The summed E-state index contributed by atoms with van der Waals surface area (Å²) in [5.41, 5.74) is 1.34. The first-order valence-corrected chi connectivity index (χ1v) is 15.0. The standard InChI is InChI=1S/C22H24N4O8S2/c27-25(28)17-5-1-15(2-6-17)9-23-19-11-35(31,32)13-21(19)24(22-14-36(33,34)12-20(22)23)10-16-3-7-18(8-4-16)26(29)30/h1-8,19-22H,9-14H2/t19-,20-,21+,22+. The van der Waals surface area contributed by atoms with Crippen LogP contribution in [-0.4, -0.2) is 83.7 Å². The number of nitro groups is 2. The Morgan fingerprint density at radius 3 is 1.14 bits per heavy atom. The predicted octanol–water partition coefficient (Wildman–Crippen LogP) is 1.15. The molecule has 0 radical (unpaired) electrons. The number of hydrogen-bond acceptors (Lipinski definition) is 10. The van der Waals surface area contributed by atoms with Crippen molar-refractivity contribution in [3.63, 3.8) is 0 Å². The third-order valence-electron chi connectivity index (χ3n) is 7.32. The first-order valence-electron chi connectivity index (χ1n) is 11.3. The summed E-state index contributed by atoms with van der Waals surface area (Å²) in [6, 6.07) is 10.2. The lowest BCUT2D eigenvalue weighted by Gasteiger charge is -2.51. The molecule has 3 fully saturated rings. The van der Waals surface area contributed by atoms with Crippen LogP contribution in [0.1, 0.15) is 11.1 Å². The lowest BCUT2D eigenvalue weighted by Crippen LogP contribution is -2.67. The van der Waals surface area contributed by atoms with E-state index >= 15 is 0 Å². The fourth-order valence-corrected chi connectivity index (χ4v) is 9.72. The number of nitro benzene ring substituents is 2. The molecule has 14 heteroatoms. The molecule has 2 aromatic carbocycles. The summed E-state index contributed by atoms with van der Waals surface area (Å²) in [5.74, 6) is -0.426. The molecule has 0 N–H and O–H groups in total. The minimum absolute atomic E-state index is 0.0608. The number of rotatable bonds is 6. The molecule has 0 spiro atoms. The molecule has 0 aromatic heterocycles. The molecule has 4 atom stereocenters. The van der Waals surface area contributed by atoms with E-state index in [-0.39, 0.29) is 47.5 Å². The monoisotopic (exact) mass is 536 g/mol. The fraction of sp³-hybridized carbons (Fsp3) is 0.455. The van der Waals surface area contributed by atoms with Crippen LogP contribution in [0.4, 0.5) is 11.4 Å². The Kier molecular flexibility index (Phi) is 6.09. The molecule has 12 nitrogen and oxygen atoms in total. The van der Waals surface area contributed by atoms with Gasteiger partial charge in [0, 0.05) is 61.5 Å². The summed E-state index contributed by atoms with van der Waals surface area (Å²) in [6.45, 7) is 0.549. The first-order chi connectivity index (χ1) is 16.9. The summed E-state index contributed by atoms with van der Waals surface area (Å²) in [4.78, 5) is 24.9. The molecule has 0 aliphatic carbocycles. The number of hydrogen-bond donors (Lipinski definition) is 0. The van der Waals surface area contributed by atoms with Crippen LogP contribution in [0.3, 0.4) is 0 Å². The summed E-state index contributed by atoms with van der Waals surface area (Å²) in [6.07, 6.45) is 0. The Bertz CT molecular complexity index is 1270. The highest BCUT2D eigenvalue weighted by atomic mass is 32.2. The molecule has 0 bridgehead atoms. The molecular weight excluding hydrogens is 512 g/mol. The number of piperazine rings is 1. The number of benzene rings is 2. The number of nitrogens with zero attached hydrogens (tertiary/aromatic N) is 4. The van der Waals surface area contributed by atoms with Gasteiger partial charge < -0.3 is 0 Å². The maximum absolute atomic E-state index is 12.8. The van der Waals surface area contributed by atoms with Gasteiger partial charge in [0.05, 0.1) is 32.9 Å². The lowest BCUT2D eigenvalue weighted by molar-refractivity contribution is -0.385. The largest absolute Gasteiger partial charge is 0.288 e. The molecule has 2 aromatic rings. The maximum Gasteiger partial charge on any atom is 0.269 e. The summed E-state index contributed by atoms with van der Waals surface area (Å²) >= 11 is 0. The van der Waals surface area contributed by atoms with E-state index in [0.29, 0.717) is 0 Å². The number of sulfone groups is 2. The van der Waals surface area contributed by atoms with E-state index in [9.17, 15) is 37.1 Å². The third kappa shape index (κ3) is 4.73. The van der Waals surface area contributed by atoms with E-state index in [4.69, 9.17) is 0 Å². The van der Waals surface area contributed by atoms with Crippen LogP contribution in [0.25, 0.3) is 0 Å². The van der Waals surface area contributed by atoms with Crippen molar-refractivity contribution in [3.8, 4) is 0 Å². The summed E-state index contributed by atoms with van der Waals surface area (Å²) < 4.78 is 51.0. The van der Waals surface area contributed by atoms with Gasteiger partial charge in [0.25, 0.3) is 11.4 Å². The number of non-ortho nitro benzene ring substituents is 2. The van der Waals surface area contributed by atoms with Gasteiger partial charge in [-0.25, -0.2) is 16.8 Å². The van der Waals surface area contributed by atoms with Crippen molar-refractivity contribution in [2.24, 2.45) is 0 Å².